The number of hydrogen-bond donors (Lipinski definition) is 0. The minimum atomic E-state index is -1.52. The molecule has 1 rings (SSSR count). The van der Waals surface area contributed by atoms with Crippen LogP contribution in [0.5, 0.6) is 0 Å². The molecule has 0 aromatic heterocycles. The summed E-state index contributed by atoms with van der Waals surface area (Å²) in [5.74, 6) is -3.03. The van der Waals surface area contributed by atoms with Gasteiger partial charge in [0.1, 0.15) is 0 Å². The first kappa shape index (κ1) is 18.3. The first-order valence-electron chi connectivity index (χ1n) is 3.25. The minimum Gasteiger partial charge on any atom is -0.545 e. The van der Waals surface area contributed by atoms with Gasteiger partial charge < -0.3 is 19.8 Å². The molecule has 0 fully saturated rings. The zero-order valence-corrected chi connectivity index (χ0v) is 14.4. The Balaban J connectivity index is 0. The molecule has 0 aliphatic carbocycles. The van der Waals surface area contributed by atoms with Crippen LogP contribution in [0.2, 0.25) is 0 Å². The zero-order chi connectivity index (χ0) is 10.0. The second-order valence-electron chi connectivity index (χ2n) is 2.24. The fourth-order valence-electron chi connectivity index (χ4n) is 0.902. The minimum absolute atomic E-state index is 0. The van der Waals surface area contributed by atoms with Crippen molar-refractivity contribution < 1.29 is 78.9 Å². The SMILES string of the molecule is O=C([O-])c1cccc(I)c1C(=O)[O-].[Na+].[Na+]. The molecule has 0 N–H and O–H groups in total. The molecule has 0 bridgehead atoms. The number of aromatic carboxylic acids is 2. The van der Waals surface area contributed by atoms with Crippen LogP contribution in [0.1, 0.15) is 20.7 Å². The van der Waals surface area contributed by atoms with Gasteiger partial charge in [0.2, 0.25) is 0 Å². The van der Waals surface area contributed by atoms with Crippen molar-refractivity contribution in [2.45, 2.75) is 0 Å². The van der Waals surface area contributed by atoms with E-state index in [1.165, 1.54) is 18.2 Å². The van der Waals surface area contributed by atoms with Gasteiger partial charge in [-0.2, -0.15) is 0 Å². The summed E-state index contributed by atoms with van der Waals surface area (Å²) in [4.78, 5) is 21.0. The average Bonchev–Trinajstić information content (AvgIpc) is 2.02. The van der Waals surface area contributed by atoms with E-state index in [1.54, 1.807) is 22.6 Å². The summed E-state index contributed by atoms with van der Waals surface area (Å²) in [6, 6.07) is 4.10. The predicted molar refractivity (Wildman–Crippen MR) is 47.8 cm³/mol. The van der Waals surface area contributed by atoms with Gasteiger partial charge in [-0.15, -0.1) is 0 Å². The third-order valence-corrected chi connectivity index (χ3v) is 2.34. The van der Waals surface area contributed by atoms with E-state index in [0.717, 1.165) is 0 Å². The Hall–Kier alpha value is 0.890. The first-order valence-corrected chi connectivity index (χ1v) is 4.33. The van der Waals surface area contributed by atoms with Crippen LogP contribution in [0.3, 0.4) is 0 Å². The molecule has 0 amide bonds. The van der Waals surface area contributed by atoms with Crippen LogP contribution >= 0.6 is 22.6 Å². The Kier molecular flexibility index (Phi) is 9.80. The molecule has 0 aliphatic heterocycles. The van der Waals surface area contributed by atoms with Crippen LogP contribution in [0.25, 0.3) is 0 Å². The second kappa shape index (κ2) is 8.05. The molecule has 1 aromatic rings. The van der Waals surface area contributed by atoms with E-state index in [-0.39, 0.29) is 70.2 Å². The average molecular weight is 336 g/mol. The van der Waals surface area contributed by atoms with Crippen LogP contribution in [0.15, 0.2) is 18.2 Å². The molecule has 7 heteroatoms. The summed E-state index contributed by atoms with van der Waals surface area (Å²) in [7, 11) is 0. The fraction of sp³-hybridized carbons (Fsp3) is 0. The summed E-state index contributed by atoms with van der Waals surface area (Å²) >= 11 is 1.72. The van der Waals surface area contributed by atoms with E-state index in [4.69, 9.17) is 0 Å². The van der Waals surface area contributed by atoms with Crippen LogP contribution < -0.4 is 69.3 Å². The van der Waals surface area contributed by atoms with Crippen LogP contribution in [0, 0.1) is 3.57 Å². The van der Waals surface area contributed by atoms with Crippen molar-refractivity contribution >= 4 is 34.5 Å². The maximum Gasteiger partial charge on any atom is 1.00 e. The standard InChI is InChI=1S/C8H5IO4.2Na/c9-5-3-1-2-4(7(10)11)6(5)8(12)13;;/h1-3H,(H,10,11)(H,12,13);;/q;2*+1/p-2. The molecule has 68 valence electrons. The number of halogens is 1. The number of rotatable bonds is 2. The van der Waals surface area contributed by atoms with E-state index >= 15 is 0 Å². The molecular weight excluding hydrogens is 333 g/mol. The Labute approximate surface area is 144 Å². The second-order valence-corrected chi connectivity index (χ2v) is 3.40. The molecule has 0 unspecified atom stereocenters. The molecule has 0 spiro atoms. The van der Waals surface area contributed by atoms with E-state index in [1.807, 2.05) is 0 Å². The number of carboxylic acids is 2. The Bertz CT molecular complexity index is 381. The third-order valence-electron chi connectivity index (χ3n) is 1.44. The van der Waals surface area contributed by atoms with Gasteiger partial charge in [-0.05, 0) is 28.7 Å². The summed E-state index contributed by atoms with van der Waals surface area (Å²) in [5, 5.41) is 21.0. The van der Waals surface area contributed by atoms with Crippen LogP contribution in [-0.2, 0) is 0 Å². The Morgan fingerprint density at radius 1 is 1.07 bits per heavy atom. The quantitative estimate of drug-likeness (QED) is 0.397. The number of carboxylic acid groups (broad SMARTS) is 2. The van der Waals surface area contributed by atoms with Gasteiger partial charge in [0.05, 0.1) is 11.9 Å². The van der Waals surface area contributed by atoms with Gasteiger partial charge in [-0.3, -0.25) is 0 Å². The molecule has 4 nitrogen and oxygen atoms in total. The predicted octanol–water partition coefficient (Wildman–Crippen LogP) is -6.97. The van der Waals surface area contributed by atoms with Gasteiger partial charge in [0.15, 0.2) is 0 Å². The number of carbonyl (C=O) groups excluding carboxylic acids is 2. The van der Waals surface area contributed by atoms with Gasteiger partial charge >= 0.3 is 59.1 Å². The van der Waals surface area contributed by atoms with Crippen molar-refractivity contribution in [3.63, 3.8) is 0 Å². The van der Waals surface area contributed by atoms with Crippen molar-refractivity contribution in [2.75, 3.05) is 0 Å². The number of carbonyl (C=O) groups is 2. The van der Waals surface area contributed by atoms with Crippen molar-refractivity contribution in [1.82, 2.24) is 0 Å². The molecule has 0 aliphatic rings. The van der Waals surface area contributed by atoms with E-state index in [9.17, 15) is 19.8 Å². The Morgan fingerprint density at radius 3 is 1.93 bits per heavy atom. The number of hydrogen-bond acceptors (Lipinski definition) is 4. The van der Waals surface area contributed by atoms with Gasteiger partial charge in [0.25, 0.3) is 0 Å². The molecular formula is C8H3INa2O4. The summed E-state index contributed by atoms with van der Waals surface area (Å²) in [6.07, 6.45) is 0. The summed E-state index contributed by atoms with van der Waals surface area (Å²) in [6.45, 7) is 0. The molecule has 0 heterocycles. The third kappa shape index (κ3) is 4.72. The molecule has 15 heavy (non-hydrogen) atoms. The molecule has 0 saturated carbocycles. The molecule has 0 saturated heterocycles. The van der Waals surface area contributed by atoms with Crippen molar-refractivity contribution in [2.24, 2.45) is 0 Å². The molecule has 1 aromatic carbocycles. The smallest absolute Gasteiger partial charge is 0.545 e. The van der Waals surface area contributed by atoms with Crippen molar-refractivity contribution in [1.29, 1.82) is 0 Å². The van der Waals surface area contributed by atoms with Gasteiger partial charge in [-0.1, -0.05) is 12.1 Å². The summed E-state index contributed by atoms with van der Waals surface area (Å²) < 4.78 is 0.319. The normalized spacial score (nSPS) is 8.33. The summed E-state index contributed by atoms with van der Waals surface area (Å²) in [5.41, 5.74) is -0.685. The van der Waals surface area contributed by atoms with E-state index in [0.29, 0.717) is 3.57 Å². The van der Waals surface area contributed by atoms with Gasteiger partial charge in [0, 0.05) is 14.7 Å². The maximum atomic E-state index is 10.5. The van der Waals surface area contributed by atoms with E-state index in [2.05, 4.69) is 0 Å². The molecule has 0 radical (unpaired) electrons. The molecule has 0 atom stereocenters. The maximum absolute atomic E-state index is 10.5. The van der Waals surface area contributed by atoms with Crippen LogP contribution in [0.4, 0.5) is 0 Å². The van der Waals surface area contributed by atoms with E-state index < -0.39 is 11.9 Å². The Morgan fingerprint density at radius 2 is 1.60 bits per heavy atom. The topological polar surface area (TPSA) is 80.3 Å². The van der Waals surface area contributed by atoms with Crippen molar-refractivity contribution in [3.05, 3.63) is 32.9 Å². The monoisotopic (exact) mass is 336 g/mol. The zero-order valence-electron chi connectivity index (χ0n) is 8.24. The van der Waals surface area contributed by atoms with Gasteiger partial charge in [-0.25, -0.2) is 0 Å². The first-order chi connectivity index (χ1) is 6.04. The van der Waals surface area contributed by atoms with Crippen molar-refractivity contribution in [3.8, 4) is 0 Å². The fourth-order valence-corrected chi connectivity index (χ4v) is 1.62. The number of benzene rings is 1. The van der Waals surface area contributed by atoms with Crippen LogP contribution in [-0.4, -0.2) is 11.9 Å². The largest absolute Gasteiger partial charge is 1.00 e.